The van der Waals surface area contributed by atoms with Crippen LogP contribution in [0.2, 0.25) is 0 Å². The molecule has 1 aliphatic heterocycles. The van der Waals surface area contributed by atoms with Crippen LogP contribution in [0.15, 0.2) is 12.2 Å². The van der Waals surface area contributed by atoms with Crippen LogP contribution >= 0.6 is 11.8 Å². The average Bonchev–Trinajstić information content (AvgIpc) is 2.21. The lowest BCUT2D eigenvalue weighted by atomic mass is 10.0. The van der Waals surface area contributed by atoms with E-state index in [1.54, 1.807) is 0 Å². The highest BCUT2D eigenvalue weighted by Crippen LogP contribution is 2.20. The molecule has 2 unspecified atom stereocenters. The Bertz CT molecular complexity index is 208. The third-order valence-electron chi connectivity index (χ3n) is 3.00. The van der Waals surface area contributed by atoms with Gasteiger partial charge in [-0.2, -0.15) is 11.8 Å². The Kier molecular flexibility index (Phi) is 5.68. The number of nitrogens with zero attached hydrogens (tertiary/aromatic N) is 1. The van der Waals surface area contributed by atoms with Crippen molar-refractivity contribution in [3.05, 3.63) is 12.2 Å². The van der Waals surface area contributed by atoms with Gasteiger partial charge in [-0.3, -0.25) is 11.3 Å². The molecule has 0 aliphatic carbocycles. The Labute approximate surface area is 97.4 Å². The molecule has 0 bridgehead atoms. The van der Waals surface area contributed by atoms with Crippen LogP contribution in [0.3, 0.4) is 0 Å². The number of thioether (sulfide) groups is 1. The molecule has 1 fully saturated rings. The van der Waals surface area contributed by atoms with E-state index >= 15 is 0 Å². The largest absolute Gasteiger partial charge is 0.300 e. The van der Waals surface area contributed by atoms with Crippen LogP contribution in [0.25, 0.3) is 0 Å². The molecule has 2 atom stereocenters. The van der Waals surface area contributed by atoms with Crippen molar-refractivity contribution in [2.24, 2.45) is 5.84 Å². The fourth-order valence-corrected chi connectivity index (χ4v) is 3.23. The van der Waals surface area contributed by atoms with E-state index in [-0.39, 0.29) is 0 Å². The molecule has 0 aromatic carbocycles. The van der Waals surface area contributed by atoms with Gasteiger partial charge in [-0.05, 0) is 26.8 Å². The molecule has 1 rings (SSSR count). The van der Waals surface area contributed by atoms with Crippen molar-refractivity contribution >= 4 is 11.8 Å². The van der Waals surface area contributed by atoms with Gasteiger partial charge in [0, 0.05) is 30.1 Å². The molecular weight excluding hydrogens is 206 g/mol. The third-order valence-corrected chi connectivity index (χ3v) is 4.05. The van der Waals surface area contributed by atoms with Gasteiger partial charge in [0.1, 0.15) is 0 Å². The lowest BCUT2D eigenvalue weighted by Crippen LogP contribution is -2.54. The average molecular weight is 229 g/mol. The van der Waals surface area contributed by atoms with E-state index in [2.05, 4.69) is 30.9 Å². The van der Waals surface area contributed by atoms with Gasteiger partial charge < -0.3 is 4.90 Å². The van der Waals surface area contributed by atoms with E-state index in [1.807, 2.05) is 11.8 Å². The van der Waals surface area contributed by atoms with Gasteiger partial charge in [0.25, 0.3) is 0 Å². The smallest absolute Gasteiger partial charge is 0.0377 e. The van der Waals surface area contributed by atoms with Gasteiger partial charge in [0.2, 0.25) is 0 Å². The lowest BCUT2D eigenvalue weighted by molar-refractivity contribution is 0.209. The maximum atomic E-state index is 5.64. The Balaban J connectivity index is 2.44. The molecule has 3 N–H and O–H groups in total. The van der Waals surface area contributed by atoms with Crippen molar-refractivity contribution in [1.29, 1.82) is 0 Å². The van der Waals surface area contributed by atoms with E-state index in [9.17, 15) is 0 Å². The zero-order valence-electron chi connectivity index (χ0n) is 9.83. The molecule has 15 heavy (non-hydrogen) atoms. The van der Waals surface area contributed by atoms with E-state index < -0.39 is 0 Å². The third kappa shape index (κ3) is 4.15. The minimum atomic E-state index is 0.388. The van der Waals surface area contributed by atoms with Crippen molar-refractivity contribution in [1.82, 2.24) is 10.3 Å². The fourth-order valence-electron chi connectivity index (χ4n) is 1.92. The summed E-state index contributed by atoms with van der Waals surface area (Å²) in [7, 11) is 2.19. The number of rotatable bonds is 5. The molecule has 0 aromatic heterocycles. The van der Waals surface area contributed by atoms with Crippen LogP contribution in [0.1, 0.15) is 19.8 Å². The van der Waals surface area contributed by atoms with Gasteiger partial charge >= 0.3 is 0 Å². The molecule has 1 aliphatic rings. The Morgan fingerprint density at radius 1 is 1.73 bits per heavy atom. The normalized spacial score (nSPS) is 25.1. The second kappa shape index (κ2) is 6.53. The summed E-state index contributed by atoms with van der Waals surface area (Å²) in [4.78, 5) is 2.42. The van der Waals surface area contributed by atoms with Gasteiger partial charge in [0.05, 0.1) is 0 Å². The Hall–Kier alpha value is -0.0300. The molecule has 3 nitrogen and oxygen atoms in total. The maximum Gasteiger partial charge on any atom is 0.0377 e. The molecule has 88 valence electrons. The second-order valence-corrected chi connectivity index (χ2v) is 5.54. The molecular formula is C11H23N3S. The molecule has 0 spiro atoms. The highest BCUT2D eigenvalue weighted by atomic mass is 32.2. The summed E-state index contributed by atoms with van der Waals surface area (Å²) in [5.41, 5.74) is 4.20. The first-order valence-electron chi connectivity index (χ1n) is 5.53. The Morgan fingerprint density at radius 2 is 2.47 bits per heavy atom. The molecule has 1 saturated heterocycles. The lowest BCUT2D eigenvalue weighted by Gasteiger charge is -2.37. The standard InChI is InChI=1S/C11H23N3S/c1-9(2)4-5-10(13-12)11-8-15-7-6-14(11)3/h10-11,13H,1,4-8,12H2,2-3H3. The van der Waals surface area contributed by atoms with E-state index in [0.29, 0.717) is 12.1 Å². The highest BCUT2D eigenvalue weighted by molar-refractivity contribution is 7.99. The predicted octanol–water partition coefficient (Wildman–Crippen LogP) is 1.22. The molecule has 0 saturated carbocycles. The number of hydrogen-bond donors (Lipinski definition) is 2. The summed E-state index contributed by atoms with van der Waals surface area (Å²) in [5, 5.41) is 0. The minimum absolute atomic E-state index is 0.388. The number of hydrogen-bond acceptors (Lipinski definition) is 4. The molecule has 0 aromatic rings. The van der Waals surface area contributed by atoms with E-state index in [1.165, 1.54) is 23.6 Å². The molecule has 4 heteroatoms. The number of likely N-dealkylation sites (N-methyl/N-ethyl adjacent to an activating group) is 1. The first-order chi connectivity index (χ1) is 7.15. The first kappa shape index (κ1) is 13.0. The topological polar surface area (TPSA) is 41.3 Å². The summed E-state index contributed by atoms with van der Waals surface area (Å²) in [5.74, 6) is 8.06. The predicted molar refractivity (Wildman–Crippen MR) is 68.9 cm³/mol. The molecule has 0 amide bonds. The number of hydrazine groups is 1. The van der Waals surface area contributed by atoms with Crippen LogP contribution < -0.4 is 11.3 Å². The number of allylic oxidation sites excluding steroid dienone is 1. The summed E-state index contributed by atoms with van der Waals surface area (Å²) < 4.78 is 0. The van der Waals surface area contributed by atoms with Crippen molar-refractivity contribution in [3.8, 4) is 0 Å². The second-order valence-electron chi connectivity index (χ2n) is 4.39. The first-order valence-corrected chi connectivity index (χ1v) is 6.69. The molecule has 1 heterocycles. The summed E-state index contributed by atoms with van der Waals surface area (Å²) in [6.45, 7) is 7.18. The molecule has 0 radical (unpaired) electrons. The zero-order chi connectivity index (χ0) is 11.3. The van der Waals surface area contributed by atoms with E-state index in [4.69, 9.17) is 5.84 Å². The van der Waals surface area contributed by atoms with Crippen LogP contribution in [-0.4, -0.2) is 42.1 Å². The number of nitrogens with two attached hydrogens (primary N) is 1. The quantitative estimate of drug-likeness (QED) is 0.422. The van der Waals surface area contributed by atoms with Gasteiger partial charge in [-0.1, -0.05) is 5.57 Å². The summed E-state index contributed by atoms with van der Waals surface area (Å²) in [6.07, 6.45) is 2.14. The number of nitrogens with one attached hydrogen (secondary N) is 1. The van der Waals surface area contributed by atoms with Crippen molar-refractivity contribution in [3.63, 3.8) is 0 Å². The maximum absolute atomic E-state index is 5.64. The Morgan fingerprint density at radius 3 is 3.00 bits per heavy atom. The minimum Gasteiger partial charge on any atom is -0.300 e. The van der Waals surface area contributed by atoms with Crippen molar-refractivity contribution in [2.45, 2.75) is 31.8 Å². The van der Waals surface area contributed by atoms with Crippen molar-refractivity contribution < 1.29 is 0 Å². The van der Waals surface area contributed by atoms with Crippen LogP contribution in [0.5, 0.6) is 0 Å². The van der Waals surface area contributed by atoms with Gasteiger partial charge in [-0.25, -0.2) is 0 Å². The van der Waals surface area contributed by atoms with Crippen LogP contribution in [-0.2, 0) is 0 Å². The monoisotopic (exact) mass is 229 g/mol. The summed E-state index contributed by atoms with van der Waals surface area (Å²) in [6, 6.07) is 0.951. The van der Waals surface area contributed by atoms with Gasteiger partial charge in [0.15, 0.2) is 0 Å². The SMILES string of the molecule is C=C(C)CCC(NN)C1CSCCN1C. The summed E-state index contributed by atoms with van der Waals surface area (Å²) >= 11 is 2.03. The van der Waals surface area contributed by atoms with Gasteiger partial charge in [-0.15, -0.1) is 6.58 Å². The van der Waals surface area contributed by atoms with Crippen LogP contribution in [0, 0.1) is 0 Å². The fraction of sp³-hybridized carbons (Fsp3) is 0.818. The van der Waals surface area contributed by atoms with E-state index in [0.717, 1.165) is 12.8 Å². The zero-order valence-corrected chi connectivity index (χ0v) is 10.6. The van der Waals surface area contributed by atoms with Crippen LogP contribution in [0.4, 0.5) is 0 Å². The van der Waals surface area contributed by atoms with Crippen molar-refractivity contribution in [2.75, 3.05) is 25.1 Å². The highest BCUT2D eigenvalue weighted by Gasteiger charge is 2.26.